The van der Waals surface area contributed by atoms with Gasteiger partial charge in [0.15, 0.2) is 0 Å². The molecule has 1 saturated heterocycles. The lowest BCUT2D eigenvalue weighted by molar-refractivity contribution is -0.119. The number of urea groups is 1. The van der Waals surface area contributed by atoms with Gasteiger partial charge in [0.25, 0.3) is 0 Å². The number of carbonyl (C=O) groups is 3. The molecule has 0 bridgehead atoms. The second-order valence-corrected chi connectivity index (χ2v) is 8.80. The van der Waals surface area contributed by atoms with Crippen molar-refractivity contribution < 1.29 is 14.4 Å². The van der Waals surface area contributed by atoms with E-state index in [1.165, 1.54) is 11.3 Å². The van der Waals surface area contributed by atoms with Gasteiger partial charge in [0, 0.05) is 24.3 Å². The van der Waals surface area contributed by atoms with Crippen molar-refractivity contribution in [3.8, 4) is 0 Å². The molecule has 2 aromatic rings. The van der Waals surface area contributed by atoms with E-state index in [-0.39, 0.29) is 11.8 Å². The summed E-state index contributed by atoms with van der Waals surface area (Å²) < 4.78 is 0.572. The summed E-state index contributed by atoms with van der Waals surface area (Å²) in [7, 11) is 0. The average Bonchev–Trinajstić information content (AvgIpc) is 3.13. The number of anilines is 3. The highest BCUT2D eigenvalue weighted by molar-refractivity contribution is 7.20. The van der Waals surface area contributed by atoms with Gasteiger partial charge in [-0.2, -0.15) is 0 Å². The fourth-order valence-electron chi connectivity index (χ4n) is 3.28. The molecule has 1 aromatic heterocycles. The molecule has 1 atom stereocenters. The number of nitrogens with zero attached hydrogens (tertiary/aromatic N) is 1. The lowest BCUT2D eigenvalue weighted by atomic mass is 10.1. The standard InChI is InChI=1S/C21H25ClN4O3S/c1-2-5-16(24-21(29)25-18-12-11-17(22)30-18)20(28)23-14-7-9-15(10-8-14)26-13-4-3-6-19(26)27/h7-12,16H,2-6,13H2,1H3,(H,23,28)(H2,24,25,29). The predicted octanol–water partition coefficient (Wildman–Crippen LogP) is 4.85. The Hall–Kier alpha value is -2.58. The first-order valence-corrected chi connectivity index (χ1v) is 11.2. The van der Waals surface area contributed by atoms with Gasteiger partial charge >= 0.3 is 6.03 Å². The molecule has 7 nitrogen and oxygen atoms in total. The van der Waals surface area contributed by atoms with Crippen LogP contribution in [0.4, 0.5) is 21.2 Å². The van der Waals surface area contributed by atoms with E-state index >= 15 is 0 Å². The van der Waals surface area contributed by atoms with E-state index in [2.05, 4.69) is 16.0 Å². The van der Waals surface area contributed by atoms with Gasteiger partial charge in [-0.05, 0) is 55.7 Å². The summed E-state index contributed by atoms with van der Waals surface area (Å²) in [6.07, 6.45) is 3.74. The SMILES string of the molecule is CCCC(NC(=O)Nc1ccc(Cl)s1)C(=O)Nc1ccc(N2CCCCC2=O)cc1. The lowest BCUT2D eigenvalue weighted by Crippen LogP contribution is -2.45. The molecule has 4 amide bonds. The van der Waals surface area contributed by atoms with Crippen molar-refractivity contribution in [1.29, 1.82) is 0 Å². The summed E-state index contributed by atoms with van der Waals surface area (Å²) in [6.45, 7) is 2.67. The zero-order chi connectivity index (χ0) is 21.5. The Kier molecular flexibility index (Phi) is 7.70. The summed E-state index contributed by atoms with van der Waals surface area (Å²) in [5.41, 5.74) is 1.44. The Morgan fingerprint density at radius 2 is 1.90 bits per heavy atom. The number of hydrogen-bond donors (Lipinski definition) is 3. The molecule has 1 unspecified atom stereocenters. The molecule has 0 radical (unpaired) electrons. The van der Waals surface area contributed by atoms with E-state index in [9.17, 15) is 14.4 Å². The van der Waals surface area contributed by atoms with Crippen molar-refractivity contribution in [1.82, 2.24) is 5.32 Å². The van der Waals surface area contributed by atoms with Crippen molar-refractivity contribution in [2.45, 2.75) is 45.1 Å². The van der Waals surface area contributed by atoms with Crippen molar-refractivity contribution in [3.05, 3.63) is 40.7 Å². The van der Waals surface area contributed by atoms with Crippen LogP contribution in [0.1, 0.15) is 39.0 Å². The quantitative estimate of drug-likeness (QED) is 0.565. The number of benzene rings is 1. The highest BCUT2D eigenvalue weighted by atomic mass is 35.5. The third-order valence-electron chi connectivity index (χ3n) is 4.78. The maximum absolute atomic E-state index is 12.7. The van der Waals surface area contributed by atoms with Gasteiger partial charge in [-0.1, -0.05) is 24.9 Å². The molecule has 30 heavy (non-hydrogen) atoms. The van der Waals surface area contributed by atoms with E-state index < -0.39 is 12.1 Å². The predicted molar refractivity (Wildman–Crippen MR) is 121 cm³/mol. The van der Waals surface area contributed by atoms with Crippen LogP contribution in [0.5, 0.6) is 0 Å². The third kappa shape index (κ3) is 5.96. The summed E-state index contributed by atoms with van der Waals surface area (Å²) in [6, 6.07) is 9.46. The second kappa shape index (κ2) is 10.4. The largest absolute Gasteiger partial charge is 0.326 e. The number of hydrogen-bond acceptors (Lipinski definition) is 4. The van der Waals surface area contributed by atoms with E-state index in [0.29, 0.717) is 27.9 Å². The minimum Gasteiger partial charge on any atom is -0.326 e. The molecule has 0 spiro atoms. The Bertz CT molecular complexity index is 900. The van der Waals surface area contributed by atoms with Gasteiger partial charge in [-0.15, -0.1) is 11.3 Å². The Morgan fingerprint density at radius 3 is 2.53 bits per heavy atom. The smallest absolute Gasteiger partial charge is 0.320 e. The molecule has 3 N–H and O–H groups in total. The van der Waals surface area contributed by atoms with Gasteiger partial charge in [-0.25, -0.2) is 4.79 Å². The maximum atomic E-state index is 12.7. The number of nitrogens with one attached hydrogen (secondary N) is 3. The van der Waals surface area contributed by atoms with Crippen LogP contribution in [-0.4, -0.2) is 30.4 Å². The van der Waals surface area contributed by atoms with E-state index in [4.69, 9.17) is 11.6 Å². The molecule has 3 rings (SSSR count). The summed E-state index contributed by atoms with van der Waals surface area (Å²) in [5, 5.41) is 8.84. The molecular weight excluding hydrogens is 424 g/mol. The van der Waals surface area contributed by atoms with Crippen molar-refractivity contribution in [2.24, 2.45) is 0 Å². The molecule has 1 aliphatic heterocycles. The van der Waals surface area contributed by atoms with Gasteiger partial charge in [-0.3, -0.25) is 14.9 Å². The van der Waals surface area contributed by atoms with Crippen LogP contribution in [0.3, 0.4) is 0 Å². The Morgan fingerprint density at radius 1 is 1.13 bits per heavy atom. The van der Waals surface area contributed by atoms with Crippen molar-refractivity contribution in [3.63, 3.8) is 0 Å². The zero-order valence-electron chi connectivity index (χ0n) is 16.7. The Balaban J connectivity index is 1.58. The van der Waals surface area contributed by atoms with E-state index in [0.717, 1.165) is 31.5 Å². The number of piperidine rings is 1. The molecule has 9 heteroatoms. The minimum absolute atomic E-state index is 0.128. The van der Waals surface area contributed by atoms with E-state index in [1.807, 2.05) is 19.1 Å². The highest BCUT2D eigenvalue weighted by Gasteiger charge is 2.22. The lowest BCUT2D eigenvalue weighted by Gasteiger charge is -2.27. The molecule has 0 aliphatic carbocycles. The van der Waals surface area contributed by atoms with Gasteiger partial charge in [0.2, 0.25) is 11.8 Å². The summed E-state index contributed by atoms with van der Waals surface area (Å²) >= 11 is 7.12. The second-order valence-electron chi connectivity index (χ2n) is 7.08. The molecule has 160 valence electrons. The summed E-state index contributed by atoms with van der Waals surface area (Å²) in [5.74, 6) is -0.165. The fourth-order valence-corrected chi connectivity index (χ4v) is 4.22. The number of thiophene rings is 1. The molecule has 1 aromatic carbocycles. The van der Waals surface area contributed by atoms with Crippen molar-refractivity contribution >= 4 is 57.2 Å². The first kappa shape index (κ1) is 22.1. The molecular formula is C21H25ClN4O3S. The van der Waals surface area contributed by atoms with Gasteiger partial charge in [0.05, 0.1) is 9.34 Å². The molecule has 0 saturated carbocycles. The number of carbonyl (C=O) groups excluding carboxylic acids is 3. The monoisotopic (exact) mass is 448 g/mol. The number of amides is 4. The van der Waals surface area contributed by atoms with Crippen LogP contribution in [-0.2, 0) is 9.59 Å². The third-order valence-corrected chi connectivity index (χ3v) is 5.93. The topological polar surface area (TPSA) is 90.5 Å². The van der Waals surface area contributed by atoms with Crippen LogP contribution < -0.4 is 20.9 Å². The molecule has 2 heterocycles. The van der Waals surface area contributed by atoms with Gasteiger partial charge in [0.1, 0.15) is 6.04 Å². The van der Waals surface area contributed by atoms with Crippen LogP contribution in [0.15, 0.2) is 36.4 Å². The number of halogens is 1. The highest BCUT2D eigenvalue weighted by Crippen LogP contribution is 2.26. The maximum Gasteiger partial charge on any atom is 0.320 e. The summed E-state index contributed by atoms with van der Waals surface area (Å²) in [4.78, 5) is 38.8. The van der Waals surface area contributed by atoms with Gasteiger partial charge < -0.3 is 15.5 Å². The van der Waals surface area contributed by atoms with Crippen molar-refractivity contribution in [2.75, 3.05) is 22.1 Å². The van der Waals surface area contributed by atoms with E-state index in [1.54, 1.807) is 29.2 Å². The normalized spacial score (nSPS) is 14.9. The van der Waals surface area contributed by atoms with Crippen LogP contribution in [0, 0.1) is 0 Å². The van der Waals surface area contributed by atoms with Crippen LogP contribution in [0.2, 0.25) is 4.34 Å². The first-order valence-electron chi connectivity index (χ1n) is 10.0. The minimum atomic E-state index is -0.672. The molecule has 1 fully saturated rings. The zero-order valence-corrected chi connectivity index (χ0v) is 18.3. The Labute approximate surface area is 184 Å². The first-order chi connectivity index (χ1) is 14.5. The fraction of sp³-hybridized carbons (Fsp3) is 0.381. The number of rotatable bonds is 7. The van der Waals surface area contributed by atoms with Crippen LogP contribution >= 0.6 is 22.9 Å². The molecule has 1 aliphatic rings. The van der Waals surface area contributed by atoms with Crippen LogP contribution in [0.25, 0.3) is 0 Å². The average molecular weight is 449 g/mol.